The molecular formula is C15H21NO4. The molecule has 0 bridgehead atoms. The SMILES string of the molecule is COc1ccc(OCCN2CC(C(C)C(=O)O)C2)cc1. The van der Waals surface area contributed by atoms with Crippen molar-refractivity contribution in [2.45, 2.75) is 6.92 Å². The summed E-state index contributed by atoms with van der Waals surface area (Å²) < 4.78 is 10.7. The molecular weight excluding hydrogens is 258 g/mol. The van der Waals surface area contributed by atoms with Crippen molar-refractivity contribution in [3.63, 3.8) is 0 Å². The van der Waals surface area contributed by atoms with Gasteiger partial charge in [0.25, 0.3) is 0 Å². The number of benzene rings is 1. The van der Waals surface area contributed by atoms with Crippen molar-refractivity contribution >= 4 is 5.97 Å². The summed E-state index contributed by atoms with van der Waals surface area (Å²) in [6.07, 6.45) is 0. The number of hydrogen-bond donors (Lipinski definition) is 1. The molecule has 0 aliphatic carbocycles. The molecule has 1 aromatic rings. The van der Waals surface area contributed by atoms with Gasteiger partial charge in [0.2, 0.25) is 0 Å². The first kappa shape index (κ1) is 14.7. The monoisotopic (exact) mass is 279 g/mol. The number of ether oxygens (including phenoxy) is 2. The molecule has 1 fully saturated rings. The third-order valence-electron chi connectivity index (χ3n) is 3.82. The van der Waals surface area contributed by atoms with E-state index in [0.717, 1.165) is 31.1 Å². The molecule has 1 heterocycles. The van der Waals surface area contributed by atoms with Gasteiger partial charge in [0.05, 0.1) is 13.0 Å². The van der Waals surface area contributed by atoms with Crippen LogP contribution in [-0.2, 0) is 4.79 Å². The number of methoxy groups -OCH3 is 1. The van der Waals surface area contributed by atoms with E-state index in [1.165, 1.54) is 0 Å². The van der Waals surface area contributed by atoms with Crippen LogP contribution in [0.4, 0.5) is 0 Å². The van der Waals surface area contributed by atoms with Gasteiger partial charge >= 0.3 is 5.97 Å². The summed E-state index contributed by atoms with van der Waals surface area (Å²) in [7, 11) is 1.63. The molecule has 1 aliphatic rings. The quantitative estimate of drug-likeness (QED) is 0.823. The molecule has 1 atom stereocenters. The van der Waals surface area contributed by atoms with E-state index in [0.29, 0.717) is 6.61 Å². The van der Waals surface area contributed by atoms with Crippen LogP contribution in [0.1, 0.15) is 6.92 Å². The number of carboxylic acid groups (broad SMARTS) is 1. The lowest BCUT2D eigenvalue weighted by molar-refractivity contribution is -0.145. The number of hydrogen-bond acceptors (Lipinski definition) is 4. The van der Waals surface area contributed by atoms with E-state index in [9.17, 15) is 4.79 Å². The minimum absolute atomic E-state index is 0.256. The molecule has 1 unspecified atom stereocenters. The van der Waals surface area contributed by atoms with Gasteiger partial charge in [-0.1, -0.05) is 6.92 Å². The lowest BCUT2D eigenvalue weighted by atomic mass is 9.87. The molecule has 1 aliphatic heterocycles. The number of nitrogens with zero attached hydrogens (tertiary/aromatic N) is 1. The number of rotatable bonds is 7. The fourth-order valence-electron chi connectivity index (χ4n) is 2.27. The van der Waals surface area contributed by atoms with E-state index in [1.54, 1.807) is 14.0 Å². The summed E-state index contributed by atoms with van der Waals surface area (Å²) in [6.45, 7) is 4.91. The van der Waals surface area contributed by atoms with Crippen LogP contribution in [0.3, 0.4) is 0 Å². The maximum Gasteiger partial charge on any atom is 0.306 e. The normalized spacial score (nSPS) is 17.3. The Labute approximate surface area is 119 Å². The number of carbonyl (C=O) groups is 1. The van der Waals surface area contributed by atoms with Crippen molar-refractivity contribution in [3.8, 4) is 11.5 Å². The predicted molar refractivity (Wildman–Crippen MR) is 75.2 cm³/mol. The van der Waals surface area contributed by atoms with Crippen molar-refractivity contribution in [1.29, 1.82) is 0 Å². The molecule has 5 heteroatoms. The van der Waals surface area contributed by atoms with E-state index >= 15 is 0 Å². The van der Waals surface area contributed by atoms with Crippen LogP contribution in [0.2, 0.25) is 0 Å². The van der Waals surface area contributed by atoms with Crippen LogP contribution in [0.5, 0.6) is 11.5 Å². The Kier molecular flexibility index (Phi) is 4.84. The molecule has 0 spiro atoms. The summed E-state index contributed by atoms with van der Waals surface area (Å²) in [5.74, 6) is 0.943. The summed E-state index contributed by atoms with van der Waals surface area (Å²) in [4.78, 5) is 13.1. The van der Waals surface area contributed by atoms with Crippen LogP contribution in [0.25, 0.3) is 0 Å². The fraction of sp³-hybridized carbons (Fsp3) is 0.533. The Morgan fingerprint density at radius 1 is 1.35 bits per heavy atom. The number of aliphatic carboxylic acids is 1. The molecule has 5 nitrogen and oxygen atoms in total. The Morgan fingerprint density at radius 3 is 2.50 bits per heavy atom. The Hall–Kier alpha value is -1.75. The third-order valence-corrected chi connectivity index (χ3v) is 3.82. The Bertz CT molecular complexity index is 440. The molecule has 1 aromatic carbocycles. The largest absolute Gasteiger partial charge is 0.497 e. The average Bonchev–Trinajstić information content (AvgIpc) is 2.41. The maximum absolute atomic E-state index is 10.8. The highest BCUT2D eigenvalue weighted by molar-refractivity contribution is 5.70. The lowest BCUT2D eigenvalue weighted by Crippen LogP contribution is -2.52. The third kappa shape index (κ3) is 3.63. The predicted octanol–water partition coefficient (Wildman–Crippen LogP) is 1.73. The lowest BCUT2D eigenvalue weighted by Gasteiger charge is -2.41. The molecule has 20 heavy (non-hydrogen) atoms. The standard InChI is InChI=1S/C15H21NO4/c1-11(15(17)18)12-9-16(10-12)7-8-20-14-5-3-13(19-2)4-6-14/h3-6,11-12H,7-10H2,1-2H3,(H,17,18). The van der Waals surface area contributed by atoms with E-state index in [4.69, 9.17) is 14.6 Å². The minimum atomic E-state index is -0.705. The van der Waals surface area contributed by atoms with Crippen molar-refractivity contribution in [3.05, 3.63) is 24.3 Å². The topological polar surface area (TPSA) is 59.0 Å². The van der Waals surface area contributed by atoms with Gasteiger partial charge in [-0.25, -0.2) is 0 Å². The zero-order chi connectivity index (χ0) is 14.5. The molecule has 0 aromatic heterocycles. The first-order chi connectivity index (χ1) is 9.60. The molecule has 0 saturated carbocycles. The van der Waals surface area contributed by atoms with Crippen LogP contribution in [-0.4, -0.2) is 49.3 Å². The summed E-state index contributed by atoms with van der Waals surface area (Å²) >= 11 is 0. The van der Waals surface area contributed by atoms with Gasteiger partial charge in [-0.3, -0.25) is 9.69 Å². The summed E-state index contributed by atoms with van der Waals surface area (Å²) in [5.41, 5.74) is 0. The highest BCUT2D eigenvalue weighted by Crippen LogP contribution is 2.23. The first-order valence-corrected chi connectivity index (χ1v) is 6.82. The fourth-order valence-corrected chi connectivity index (χ4v) is 2.27. The second-order valence-electron chi connectivity index (χ2n) is 5.17. The summed E-state index contributed by atoms with van der Waals surface area (Å²) in [6, 6.07) is 7.49. The van der Waals surface area contributed by atoms with Crippen LogP contribution < -0.4 is 9.47 Å². The number of carboxylic acids is 1. The summed E-state index contributed by atoms with van der Waals surface area (Å²) in [5, 5.41) is 8.92. The van der Waals surface area contributed by atoms with Gasteiger partial charge in [-0.05, 0) is 30.2 Å². The zero-order valence-corrected chi connectivity index (χ0v) is 11.9. The van der Waals surface area contributed by atoms with Crippen LogP contribution in [0.15, 0.2) is 24.3 Å². The maximum atomic E-state index is 10.8. The van der Waals surface area contributed by atoms with Gasteiger partial charge in [0.15, 0.2) is 0 Å². The van der Waals surface area contributed by atoms with E-state index < -0.39 is 5.97 Å². The minimum Gasteiger partial charge on any atom is -0.497 e. The first-order valence-electron chi connectivity index (χ1n) is 6.82. The van der Waals surface area contributed by atoms with E-state index in [2.05, 4.69) is 4.90 Å². The molecule has 0 radical (unpaired) electrons. The van der Waals surface area contributed by atoms with Crippen molar-refractivity contribution < 1.29 is 19.4 Å². The van der Waals surface area contributed by atoms with Gasteiger partial charge in [0, 0.05) is 19.6 Å². The van der Waals surface area contributed by atoms with Crippen molar-refractivity contribution in [2.24, 2.45) is 11.8 Å². The molecule has 110 valence electrons. The number of likely N-dealkylation sites (tertiary alicyclic amines) is 1. The van der Waals surface area contributed by atoms with Crippen LogP contribution >= 0.6 is 0 Å². The highest BCUT2D eigenvalue weighted by atomic mass is 16.5. The van der Waals surface area contributed by atoms with Crippen molar-refractivity contribution in [1.82, 2.24) is 4.90 Å². The highest BCUT2D eigenvalue weighted by Gasteiger charge is 2.34. The zero-order valence-electron chi connectivity index (χ0n) is 11.9. The molecule has 1 N–H and O–H groups in total. The van der Waals surface area contributed by atoms with Gasteiger partial charge < -0.3 is 14.6 Å². The van der Waals surface area contributed by atoms with Crippen molar-refractivity contribution in [2.75, 3.05) is 33.4 Å². The second-order valence-corrected chi connectivity index (χ2v) is 5.17. The second kappa shape index (κ2) is 6.61. The van der Waals surface area contributed by atoms with Gasteiger partial charge in [-0.15, -0.1) is 0 Å². The van der Waals surface area contributed by atoms with Gasteiger partial charge in [0.1, 0.15) is 18.1 Å². The Balaban J connectivity index is 1.64. The Morgan fingerprint density at radius 2 is 1.95 bits per heavy atom. The van der Waals surface area contributed by atoms with Gasteiger partial charge in [-0.2, -0.15) is 0 Å². The van der Waals surface area contributed by atoms with Crippen LogP contribution in [0, 0.1) is 11.8 Å². The average molecular weight is 279 g/mol. The smallest absolute Gasteiger partial charge is 0.306 e. The van der Waals surface area contributed by atoms with E-state index in [1.807, 2.05) is 24.3 Å². The van der Waals surface area contributed by atoms with E-state index in [-0.39, 0.29) is 11.8 Å². The molecule has 2 rings (SSSR count). The molecule has 0 amide bonds. The molecule has 1 saturated heterocycles.